The van der Waals surface area contributed by atoms with Gasteiger partial charge in [-0.05, 0) is 38.0 Å². The van der Waals surface area contributed by atoms with Crippen molar-refractivity contribution in [2.24, 2.45) is 0 Å². The molecule has 0 radical (unpaired) electrons. The number of rotatable bonds is 7. The summed E-state index contributed by atoms with van der Waals surface area (Å²) in [5, 5.41) is 2.87. The van der Waals surface area contributed by atoms with Gasteiger partial charge in [-0.1, -0.05) is 19.3 Å². The summed E-state index contributed by atoms with van der Waals surface area (Å²) in [5.74, 6) is 1.56. The maximum absolute atomic E-state index is 12.8. The van der Waals surface area contributed by atoms with Gasteiger partial charge in [0.05, 0.1) is 26.3 Å². The van der Waals surface area contributed by atoms with Crippen molar-refractivity contribution in [3.8, 4) is 22.1 Å². The number of amides is 1. The van der Waals surface area contributed by atoms with Crippen LogP contribution in [0.4, 0.5) is 0 Å². The standard InChI is InChI=1S/C21H28N2O3S/c1-4-23(17-8-6-5-7-9-17)20(24)13-16-14-27-21(22-16)15-10-11-18(25-2)19(12-15)26-3/h10-12,14,17H,4-9,13H2,1-3H3. The first-order valence-corrected chi connectivity index (χ1v) is 10.5. The van der Waals surface area contributed by atoms with Crippen LogP contribution in [0.1, 0.15) is 44.7 Å². The van der Waals surface area contributed by atoms with Crippen LogP contribution in [0.3, 0.4) is 0 Å². The molecule has 2 aromatic rings. The Morgan fingerprint density at radius 2 is 1.93 bits per heavy atom. The molecule has 146 valence electrons. The van der Waals surface area contributed by atoms with E-state index in [1.807, 2.05) is 23.6 Å². The second kappa shape index (κ2) is 9.22. The highest BCUT2D eigenvalue weighted by molar-refractivity contribution is 7.13. The lowest BCUT2D eigenvalue weighted by atomic mass is 9.94. The van der Waals surface area contributed by atoms with Gasteiger partial charge in [0.25, 0.3) is 0 Å². The predicted molar refractivity (Wildman–Crippen MR) is 109 cm³/mol. The Balaban J connectivity index is 1.71. The summed E-state index contributed by atoms with van der Waals surface area (Å²) in [4.78, 5) is 19.6. The van der Waals surface area contributed by atoms with Crippen molar-refractivity contribution in [1.82, 2.24) is 9.88 Å². The van der Waals surface area contributed by atoms with Crippen molar-refractivity contribution in [1.29, 1.82) is 0 Å². The number of carbonyl (C=O) groups excluding carboxylic acids is 1. The molecule has 1 aliphatic carbocycles. The van der Waals surface area contributed by atoms with Crippen molar-refractivity contribution in [3.63, 3.8) is 0 Å². The molecule has 0 saturated heterocycles. The topological polar surface area (TPSA) is 51.7 Å². The van der Waals surface area contributed by atoms with E-state index in [1.54, 1.807) is 25.6 Å². The molecule has 1 heterocycles. The molecule has 6 heteroatoms. The minimum atomic E-state index is 0.188. The number of thiazole rings is 1. The van der Waals surface area contributed by atoms with Gasteiger partial charge in [-0.25, -0.2) is 4.98 Å². The number of nitrogens with zero attached hydrogens (tertiary/aromatic N) is 2. The Bertz CT molecular complexity index is 769. The lowest BCUT2D eigenvalue weighted by molar-refractivity contribution is -0.133. The molecule has 1 aromatic carbocycles. The minimum absolute atomic E-state index is 0.188. The van der Waals surface area contributed by atoms with Crippen LogP contribution >= 0.6 is 11.3 Å². The van der Waals surface area contributed by atoms with E-state index in [2.05, 4.69) is 16.8 Å². The maximum atomic E-state index is 12.8. The number of benzene rings is 1. The highest BCUT2D eigenvalue weighted by Crippen LogP contribution is 2.33. The summed E-state index contributed by atoms with van der Waals surface area (Å²) in [6.45, 7) is 2.85. The van der Waals surface area contributed by atoms with E-state index in [0.29, 0.717) is 24.0 Å². The highest BCUT2D eigenvalue weighted by atomic mass is 32.1. The lowest BCUT2D eigenvalue weighted by Gasteiger charge is -2.33. The molecule has 0 aliphatic heterocycles. The van der Waals surface area contributed by atoms with Crippen molar-refractivity contribution in [2.45, 2.75) is 51.5 Å². The van der Waals surface area contributed by atoms with E-state index in [9.17, 15) is 4.79 Å². The Morgan fingerprint density at radius 1 is 1.19 bits per heavy atom. The highest BCUT2D eigenvalue weighted by Gasteiger charge is 2.24. The van der Waals surface area contributed by atoms with E-state index in [-0.39, 0.29) is 5.91 Å². The average molecular weight is 389 g/mol. The van der Waals surface area contributed by atoms with E-state index >= 15 is 0 Å². The quantitative estimate of drug-likeness (QED) is 0.698. The third-order valence-corrected chi connectivity index (χ3v) is 6.13. The number of carbonyl (C=O) groups is 1. The second-order valence-corrected chi connectivity index (χ2v) is 7.72. The van der Waals surface area contributed by atoms with Crippen LogP contribution in [0.5, 0.6) is 11.5 Å². The van der Waals surface area contributed by atoms with Gasteiger partial charge in [0.1, 0.15) is 5.01 Å². The van der Waals surface area contributed by atoms with Crippen molar-refractivity contribution < 1.29 is 14.3 Å². The van der Waals surface area contributed by atoms with Crippen LogP contribution < -0.4 is 9.47 Å². The number of aromatic nitrogens is 1. The molecule has 1 amide bonds. The molecular weight excluding hydrogens is 360 g/mol. The average Bonchev–Trinajstić information content (AvgIpc) is 3.17. The van der Waals surface area contributed by atoms with Crippen LogP contribution in [0, 0.1) is 0 Å². The zero-order valence-electron chi connectivity index (χ0n) is 16.4. The number of ether oxygens (including phenoxy) is 2. The van der Waals surface area contributed by atoms with Crippen molar-refractivity contribution in [3.05, 3.63) is 29.3 Å². The van der Waals surface area contributed by atoms with E-state index in [0.717, 1.165) is 35.7 Å². The number of likely N-dealkylation sites (N-methyl/N-ethyl adjacent to an activating group) is 1. The first-order chi connectivity index (χ1) is 13.2. The van der Waals surface area contributed by atoms with Gasteiger partial charge in [0.2, 0.25) is 5.91 Å². The summed E-state index contributed by atoms with van der Waals surface area (Å²) in [6, 6.07) is 6.16. The Labute approximate surface area is 165 Å². The van der Waals surface area contributed by atoms with Crippen molar-refractivity contribution in [2.75, 3.05) is 20.8 Å². The minimum Gasteiger partial charge on any atom is -0.493 e. The van der Waals surface area contributed by atoms with E-state index in [4.69, 9.17) is 9.47 Å². The van der Waals surface area contributed by atoms with E-state index in [1.165, 1.54) is 19.3 Å². The van der Waals surface area contributed by atoms with Crippen LogP contribution in [-0.4, -0.2) is 42.6 Å². The SMILES string of the molecule is CCN(C(=O)Cc1csc(-c2ccc(OC)c(OC)c2)n1)C1CCCCC1. The molecule has 0 N–H and O–H groups in total. The molecule has 5 nitrogen and oxygen atoms in total. The molecule has 1 saturated carbocycles. The first-order valence-electron chi connectivity index (χ1n) is 9.62. The molecule has 27 heavy (non-hydrogen) atoms. The summed E-state index contributed by atoms with van der Waals surface area (Å²) < 4.78 is 10.7. The molecular formula is C21H28N2O3S. The third kappa shape index (κ3) is 4.61. The smallest absolute Gasteiger partial charge is 0.228 e. The fourth-order valence-corrected chi connectivity index (χ4v) is 4.59. The summed E-state index contributed by atoms with van der Waals surface area (Å²) in [7, 11) is 3.24. The van der Waals surface area contributed by atoms with Gasteiger partial charge >= 0.3 is 0 Å². The largest absolute Gasteiger partial charge is 0.493 e. The third-order valence-electron chi connectivity index (χ3n) is 5.19. The van der Waals surface area contributed by atoms with E-state index < -0.39 is 0 Å². The molecule has 3 rings (SSSR count). The monoisotopic (exact) mass is 388 g/mol. The lowest BCUT2D eigenvalue weighted by Crippen LogP contribution is -2.42. The van der Waals surface area contributed by atoms with Gasteiger partial charge in [0.15, 0.2) is 11.5 Å². The van der Waals surface area contributed by atoms with Crippen LogP contribution in [-0.2, 0) is 11.2 Å². The molecule has 0 unspecified atom stereocenters. The van der Waals surface area contributed by atoms with Crippen molar-refractivity contribution >= 4 is 17.2 Å². The Hall–Kier alpha value is -2.08. The van der Waals surface area contributed by atoms with Gasteiger partial charge in [-0.3, -0.25) is 4.79 Å². The fraction of sp³-hybridized carbons (Fsp3) is 0.524. The Kier molecular flexibility index (Phi) is 6.72. The van der Waals surface area contributed by atoms with Gasteiger partial charge in [0, 0.05) is 23.5 Å². The van der Waals surface area contributed by atoms with Gasteiger partial charge < -0.3 is 14.4 Å². The second-order valence-electron chi connectivity index (χ2n) is 6.86. The fourth-order valence-electron chi connectivity index (χ4n) is 3.78. The molecule has 1 aromatic heterocycles. The van der Waals surface area contributed by atoms with Crippen LogP contribution in [0.2, 0.25) is 0 Å². The molecule has 1 aliphatic rings. The maximum Gasteiger partial charge on any atom is 0.228 e. The van der Waals surface area contributed by atoms with Gasteiger partial charge in [-0.15, -0.1) is 11.3 Å². The number of hydrogen-bond acceptors (Lipinski definition) is 5. The molecule has 0 bridgehead atoms. The normalized spacial score (nSPS) is 14.8. The zero-order chi connectivity index (χ0) is 19.2. The molecule has 0 atom stereocenters. The number of methoxy groups -OCH3 is 2. The predicted octanol–water partition coefficient (Wildman–Crippen LogP) is 4.55. The van der Waals surface area contributed by atoms with Gasteiger partial charge in [-0.2, -0.15) is 0 Å². The summed E-state index contributed by atoms with van der Waals surface area (Å²) in [6.07, 6.45) is 6.39. The molecule has 0 spiro atoms. The number of hydrogen-bond donors (Lipinski definition) is 0. The zero-order valence-corrected chi connectivity index (χ0v) is 17.2. The Morgan fingerprint density at radius 3 is 2.59 bits per heavy atom. The summed E-state index contributed by atoms with van der Waals surface area (Å²) >= 11 is 1.55. The van der Waals surface area contributed by atoms with Crippen LogP contribution in [0.25, 0.3) is 10.6 Å². The first kappa shape index (κ1) is 19.7. The molecule has 1 fully saturated rings. The van der Waals surface area contributed by atoms with Crippen LogP contribution in [0.15, 0.2) is 23.6 Å². The summed E-state index contributed by atoms with van der Waals surface area (Å²) in [5.41, 5.74) is 1.81.